The van der Waals surface area contributed by atoms with Gasteiger partial charge < -0.3 is 4.74 Å². The van der Waals surface area contributed by atoms with Crippen molar-refractivity contribution in [2.45, 2.75) is 207 Å². The predicted molar refractivity (Wildman–Crippen MR) is 169 cm³/mol. The molecule has 0 fully saturated rings. The topological polar surface area (TPSA) is 9.23 Å². The van der Waals surface area contributed by atoms with E-state index in [1.165, 1.54) is 178 Å². The third-order valence-corrected chi connectivity index (χ3v) is 7.68. The second-order valence-corrected chi connectivity index (χ2v) is 11.6. The van der Waals surface area contributed by atoms with Crippen LogP contribution in [0.5, 0.6) is 0 Å². The molecule has 0 saturated carbocycles. The number of unbranched alkanes of at least 4 members (excludes halogenated alkanes) is 22. The molecule has 0 N–H and O–H groups in total. The highest BCUT2D eigenvalue weighted by atomic mass is 16.5. The van der Waals surface area contributed by atoms with Gasteiger partial charge in [0.15, 0.2) is 0 Å². The summed E-state index contributed by atoms with van der Waals surface area (Å²) in [7, 11) is 0. The van der Waals surface area contributed by atoms with E-state index < -0.39 is 0 Å². The van der Waals surface area contributed by atoms with Gasteiger partial charge in [0.2, 0.25) is 0 Å². The molecule has 0 rings (SSSR count). The first-order valence-electron chi connectivity index (χ1n) is 17.3. The third-order valence-electron chi connectivity index (χ3n) is 7.68. The lowest BCUT2D eigenvalue weighted by Crippen LogP contribution is -1.97. The molecule has 0 aromatic rings. The summed E-state index contributed by atoms with van der Waals surface area (Å²) < 4.78 is 6.72. The van der Waals surface area contributed by atoms with Crippen LogP contribution in [-0.4, -0.2) is 0 Å². The van der Waals surface area contributed by atoms with Crippen LogP contribution in [0.15, 0.2) is 23.7 Å². The van der Waals surface area contributed by atoms with Crippen molar-refractivity contribution < 1.29 is 4.74 Å². The number of hydrogen-bond donors (Lipinski definition) is 0. The average Bonchev–Trinajstić information content (AvgIpc) is 2.91. The molecule has 0 bridgehead atoms. The van der Waals surface area contributed by atoms with Gasteiger partial charge in [0, 0.05) is 12.8 Å². The van der Waals surface area contributed by atoms with Crippen LogP contribution in [0.25, 0.3) is 0 Å². The van der Waals surface area contributed by atoms with Crippen molar-refractivity contribution in [2.75, 3.05) is 0 Å². The van der Waals surface area contributed by atoms with Crippen molar-refractivity contribution in [3.05, 3.63) is 23.7 Å². The van der Waals surface area contributed by atoms with Gasteiger partial charge in [-0.1, -0.05) is 156 Å². The minimum atomic E-state index is 1.13. The Morgan fingerprint density at radius 1 is 0.351 bits per heavy atom. The normalized spacial score (nSPS) is 12.4. The first kappa shape index (κ1) is 36.3. The molecule has 1 heteroatoms. The fourth-order valence-corrected chi connectivity index (χ4v) is 5.09. The molecule has 0 saturated heterocycles. The van der Waals surface area contributed by atoms with Crippen LogP contribution in [0, 0.1) is 0 Å². The summed E-state index contributed by atoms with van der Waals surface area (Å²) in [5.41, 5.74) is 0. The van der Waals surface area contributed by atoms with E-state index in [9.17, 15) is 0 Å². The van der Waals surface area contributed by atoms with Crippen LogP contribution in [-0.2, 0) is 4.74 Å². The van der Waals surface area contributed by atoms with Crippen molar-refractivity contribution >= 4 is 0 Å². The zero-order valence-electron chi connectivity index (χ0n) is 26.4. The van der Waals surface area contributed by atoms with Crippen molar-refractivity contribution in [1.82, 2.24) is 0 Å². The van der Waals surface area contributed by atoms with Crippen LogP contribution in [0.2, 0.25) is 0 Å². The zero-order chi connectivity index (χ0) is 27.1. The Hall–Kier alpha value is -0.720. The maximum atomic E-state index is 6.72. The van der Waals surface area contributed by atoms with Crippen LogP contribution in [0.4, 0.5) is 0 Å². The lowest BCUT2D eigenvalue weighted by Gasteiger charge is -2.15. The highest BCUT2D eigenvalue weighted by Gasteiger charge is 2.06. The monoisotopic (exact) mass is 519 g/mol. The Labute approximate surface area is 235 Å². The van der Waals surface area contributed by atoms with Crippen molar-refractivity contribution in [3.63, 3.8) is 0 Å². The van der Waals surface area contributed by atoms with E-state index in [-0.39, 0.29) is 0 Å². The first-order valence-corrected chi connectivity index (χ1v) is 17.3. The number of ether oxygens (including phenoxy) is 1. The number of allylic oxidation sites excluding steroid dienone is 4. The van der Waals surface area contributed by atoms with Gasteiger partial charge in [0.25, 0.3) is 0 Å². The molecule has 0 spiro atoms. The molecule has 0 unspecified atom stereocenters. The Morgan fingerprint density at radius 2 is 0.622 bits per heavy atom. The van der Waals surface area contributed by atoms with Gasteiger partial charge in [0.1, 0.15) is 0 Å². The van der Waals surface area contributed by atoms with Crippen LogP contribution in [0.3, 0.4) is 0 Å². The van der Waals surface area contributed by atoms with Crippen LogP contribution in [0.1, 0.15) is 207 Å². The summed E-state index contributed by atoms with van der Waals surface area (Å²) in [5, 5.41) is 0. The summed E-state index contributed by atoms with van der Waals surface area (Å²) >= 11 is 0. The molecule has 0 amide bonds. The van der Waals surface area contributed by atoms with Crippen LogP contribution < -0.4 is 0 Å². The van der Waals surface area contributed by atoms with Gasteiger partial charge in [-0.05, 0) is 50.7 Å². The van der Waals surface area contributed by atoms with Gasteiger partial charge in [-0.3, -0.25) is 0 Å². The second kappa shape index (κ2) is 31.5. The molecule has 220 valence electrons. The maximum absolute atomic E-state index is 6.72. The number of rotatable bonds is 30. The summed E-state index contributed by atoms with van der Waals surface area (Å²) in [5.74, 6) is 2.56. The summed E-state index contributed by atoms with van der Waals surface area (Å²) in [4.78, 5) is 0. The summed E-state index contributed by atoms with van der Waals surface area (Å²) in [6, 6.07) is 0. The molecule has 37 heavy (non-hydrogen) atoms. The molecular formula is C36H70O. The minimum Gasteiger partial charge on any atom is -0.467 e. The van der Waals surface area contributed by atoms with E-state index >= 15 is 0 Å². The average molecular weight is 519 g/mol. The van der Waals surface area contributed by atoms with E-state index in [1.807, 2.05) is 0 Å². The maximum Gasteiger partial charge on any atom is 0.0996 e. The smallest absolute Gasteiger partial charge is 0.0996 e. The SMILES string of the molecule is CCCCCCCCC=C(CCCCCCCC)OC(=CCCCCCCCC)CCCCCCCC. The standard InChI is InChI=1S/C36H70O/c1-5-9-13-17-21-25-29-33-35(31-27-23-19-15-11-7-3)37-36(32-28-24-20-16-12-8-4)34-30-26-22-18-14-10-6-2/h33-34H,5-32H2,1-4H3. The van der Waals surface area contributed by atoms with E-state index in [1.54, 1.807) is 0 Å². The molecular weight excluding hydrogens is 448 g/mol. The highest BCUT2D eigenvalue weighted by Crippen LogP contribution is 2.23. The summed E-state index contributed by atoms with van der Waals surface area (Å²) in [6.45, 7) is 9.22. The Kier molecular flexibility index (Phi) is 30.9. The van der Waals surface area contributed by atoms with Crippen molar-refractivity contribution in [2.24, 2.45) is 0 Å². The van der Waals surface area contributed by atoms with Crippen molar-refractivity contribution in [1.29, 1.82) is 0 Å². The molecule has 0 radical (unpaired) electrons. The molecule has 0 atom stereocenters. The lowest BCUT2D eigenvalue weighted by atomic mass is 10.1. The molecule has 0 aliphatic rings. The summed E-state index contributed by atoms with van der Waals surface area (Å²) in [6.07, 6.45) is 42.3. The fraction of sp³-hybridized carbons (Fsp3) is 0.889. The van der Waals surface area contributed by atoms with Gasteiger partial charge in [0.05, 0.1) is 11.5 Å². The van der Waals surface area contributed by atoms with Gasteiger partial charge in [-0.25, -0.2) is 0 Å². The van der Waals surface area contributed by atoms with Crippen molar-refractivity contribution in [3.8, 4) is 0 Å². The van der Waals surface area contributed by atoms with E-state index in [0.717, 1.165) is 12.8 Å². The highest BCUT2D eigenvalue weighted by molar-refractivity contribution is 5.02. The second-order valence-electron chi connectivity index (χ2n) is 11.6. The largest absolute Gasteiger partial charge is 0.467 e. The minimum absolute atomic E-state index is 1.13. The van der Waals surface area contributed by atoms with Gasteiger partial charge in [-0.2, -0.15) is 0 Å². The molecule has 1 nitrogen and oxygen atoms in total. The number of hydrogen-bond acceptors (Lipinski definition) is 1. The Bertz CT molecular complexity index is 445. The quantitative estimate of drug-likeness (QED) is 0.0678. The molecule has 0 heterocycles. The van der Waals surface area contributed by atoms with Gasteiger partial charge in [-0.15, -0.1) is 0 Å². The fourth-order valence-electron chi connectivity index (χ4n) is 5.09. The van der Waals surface area contributed by atoms with E-state index in [2.05, 4.69) is 39.8 Å². The first-order chi connectivity index (χ1) is 18.3. The molecule has 0 aromatic carbocycles. The van der Waals surface area contributed by atoms with E-state index in [4.69, 9.17) is 4.74 Å². The molecule has 0 aliphatic carbocycles. The predicted octanol–water partition coefficient (Wildman–Crippen LogP) is 13.8. The lowest BCUT2D eigenvalue weighted by molar-refractivity contribution is 0.266. The Morgan fingerprint density at radius 3 is 0.946 bits per heavy atom. The third kappa shape index (κ3) is 28.1. The van der Waals surface area contributed by atoms with Gasteiger partial charge >= 0.3 is 0 Å². The van der Waals surface area contributed by atoms with E-state index in [0.29, 0.717) is 0 Å². The van der Waals surface area contributed by atoms with Crippen LogP contribution >= 0.6 is 0 Å². The Balaban J connectivity index is 4.84. The molecule has 0 aromatic heterocycles. The molecule has 0 aliphatic heterocycles. The zero-order valence-corrected chi connectivity index (χ0v) is 26.4.